The predicted octanol–water partition coefficient (Wildman–Crippen LogP) is 5.18. The smallest absolute Gasteiger partial charge is 0.262 e. The molecule has 4 amide bonds. The summed E-state index contributed by atoms with van der Waals surface area (Å²) in [6.45, 7) is 8.49. The number of rotatable bonds is 10. The van der Waals surface area contributed by atoms with Crippen LogP contribution >= 0.6 is 11.6 Å². The highest BCUT2D eigenvalue weighted by atomic mass is 35.5. The normalized spacial score (nSPS) is 23.0. The van der Waals surface area contributed by atoms with Gasteiger partial charge in [-0.25, -0.2) is 9.97 Å². The molecule has 292 valence electrons. The standard InChI is InChI=1S/C42H48ClN9O4/c43-34-23-45-42(48-38(34)33-22-44-35-4-2-1-3-30(33)35)46-28-14-18-50(25-28)24-27-10-16-49(17-11-27)15-9-26-12-19-51(20-13-26)29-5-6-31-32(21-29)41(56)52(40(31)55)36-7-8-37(53)47-39(36)54/h1-6,21-23,26-28,36,44H,7-20,24-25H2,(H,45,46,48)(H,47,53,54)/t28-,36?/m1/s1. The third kappa shape index (κ3) is 7.39. The van der Waals surface area contributed by atoms with Crippen molar-refractivity contribution in [2.45, 2.75) is 63.5 Å². The number of fused-ring (bicyclic) bond motifs is 2. The van der Waals surface area contributed by atoms with Crippen LogP contribution in [-0.2, 0) is 9.59 Å². The second-order valence-corrected chi connectivity index (χ2v) is 16.6. The van der Waals surface area contributed by atoms with Crippen LogP contribution in [-0.4, -0.2) is 118 Å². The lowest BCUT2D eigenvalue weighted by atomic mass is 9.91. The lowest BCUT2D eigenvalue weighted by Crippen LogP contribution is -2.54. The van der Waals surface area contributed by atoms with Gasteiger partial charge >= 0.3 is 0 Å². The van der Waals surface area contributed by atoms with Crippen molar-refractivity contribution >= 4 is 57.8 Å². The van der Waals surface area contributed by atoms with Crippen LogP contribution in [0.25, 0.3) is 22.2 Å². The quantitative estimate of drug-likeness (QED) is 0.184. The van der Waals surface area contributed by atoms with Crippen LogP contribution in [0.2, 0.25) is 5.02 Å². The van der Waals surface area contributed by atoms with E-state index in [1.807, 2.05) is 24.4 Å². The first-order valence-corrected chi connectivity index (χ1v) is 20.6. The SMILES string of the molecule is O=C1CCC(N2C(=O)c3ccc(N4CCC(CCN5CCC(CN6CC[C@@H](Nc7ncc(Cl)c(-c8c[nH]c9ccccc89)n7)C6)CC5)CC4)cc3C2=O)C(=O)N1. The number of benzene rings is 2. The molecule has 5 aliphatic rings. The summed E-state index contributed by atoms with van der Waals surface area (Å²) in [7, 11) is 0. The average Bonchev–Trinajstić information content (AvgIpc) is 3.91. The number of likely N-dealkylation sites (tertiary alicyclic amines) is 2. The molecule has 0 saturated carbocycles. The Morgan fingerprint density at radius 2 is 1.59 bits per heavy atom. The number of amides is 4. The Morgan fingerprint density at radius 1 is 0.821 bits per heavy atom. The summed E-state index contributed by atoms with van der Waals surface area (Å²) in [5.41, 5.74) is 4.38. The molecule has 5 aliphatic heterocycles. The number of para-hydroxylation sites is 1. The number of aromatic nitrogens is 3. The Balaban J connectivity index is 0.697. The molecule has 56 heavy (non-hydrogen) atoms. The Labute approximate surface area is 331 Å². The van der Waals surface area contributed by atoms with Gasteiger partial charge in [-0.2, -0.15) is 0 Å². The molecule has 7 heterocycles. The van der Waals surface area contributed by atoms with E-state index < -0.39 is 23.8 Å². The highest BCUT2D eigenvalue weighted by Gasteiger charge is 2.45. The molecule has 2 aromatic heterocycles. The van der Waals surface area contributed by atoms with Gasteiger partial charge in [-0.1, -0.05) is 29.8 Å². The maximum absolute atomic E-state index is 13.3. The second-order valence-electron chi connectivity index (χ2n) is 16.2. The van der Waals surface area contributed by atoms with E-state index in [0.29, 0.717) is 34.1 Å². The third-order valence-electron chi connectivity index (χ3n) is 12.7. The van der Waals surface area contributed by atoms with Crippen LogP contribution in [0.15, 0.2) is 54.9 Å². The van der Waals surface area contributed by atoms with Gasteiger partial charge in [-0.05, 0) is 101 Å². The van der Waals surface area contributed by atoms with Crippen LogP contribution in [0.3, 0.4) is 0 Å². The number of piperidine rings is 3. The minimum atomic E-state index is -0.949. The first kappa shape index (κ1) is 36.8. The fourth-order valence-corrected chi connectivity index (χ4v) is 9.64. The van der Waals surface area contributed by atoms with Gasteiger partial charge in [0.2, 0.25) is 17.8 Å². The molecule has 3 N–H and O–H groups in total. The van der Waals surface area contributed by atoms with Crippen LogP contribution in [0.4, 0.5) is 11.6 Å². The maximum atomic E-state index is 13.3. The van der Waals surface area contributed by atoms with Crippen LogP contribution in [0.1, 0.15) is 72.1 Å². The number of hydrogen-bond donors (Lipinski definition) is 3. The highest BCUT2D eigenvalue weighted by Crippen LogP contribution is 2.35. The monoisotopic (exact) mass is 777 g/mol. The molecule has 9 rings (SSSR count). The maximum Gasteiger partial charge on any atom is 0.262 e. The summed E-state index contributed by atoms with van der Waals surface area (Å²) < 4.78 is 0. The van der Waals surface area contributed by atoms with Gasteiger partial charge in [0.05, 0.1) is 28.0 Å². The van der Waals surface area contributed by atoms with Gasteiger partial charge in [-0.15, -0.1) is 0 Å². The summed E-state index contributed by atoms with van der Waals surface area (Å²) in [5.74, 6) is 0.129. The number of imide groups is 2. The molecule has 1 unspecified atom stereocenters. The van der Waals surface area contributed by atoms with E-state index in [2.05, 4.69) is 47.4 Å². The van der Waals surface area contributed by atoms with Gasteiger partial charge in [-0.3, -0.25) is 29.4 Å². The Bertz CT molecular complexity index is 2160. The topological polar surface area (TPSA) is 147 Å². The molecule has 0 spiro atoms. The van der Waals surface area contributed by atoms with Gasteiger partial charge in [0.15, 0.2) is 0 Å². The fraction of sp³-hybridized carbons (Fsp3) is 0.476. The van der Waals surface area contributed by atoms with Gasteiger partial charge in [0, 0.05) is 73.5 Å². The van der Waals surface area contributed by atoms with Gasteiger partial charge in [0.25, 0.3) is 11.8 Å². The molecular formula is C42H48ClN9O4. The van der Waals surface area contributed by atoms with Crippen LogP contribution < -0.4 is 15.5 Å². The van der Waals surface area contributed by atoms with Crippen molar-refractivity contribution in [3.05, 3.63) is 71.0 Å². The molecular weight excluding hydrogens is 730 g/mol. The molecule has 4 aromatic rings. The number of carbonyl (C=O) groups excluding carboxylic acids is 4. The number of halogens is 1. The number of H-pyrrole nitrogens is 1. The Kier molecular flexibility index (Phi) is 10.2. The first-order valence-electron chi connectivity index (χ1n) is 20.2. The largest absolute Gasteiger partial charge is 0.371 e. The van der Waals surface area contributed by atoms with Crippen molar-refractivity contribution in [3.63, 3.8) is 0 Å². The van der Waals surface area contributed by atoms with E-state index in [4.69, 9.17) is 16.6 Å². The van der Waals surface area contributed by atoms with Crippen molar-refractivity contribution in [1.82, 2.24) is 35.0 Å². The van der Waals surface area contributed by atoms with E-state index in [9.17, 15) is 19.2 Å². The molecule has 14 heteroatoms. The molecule has 4 saturated heterocycles. The zero-order valence-corrected chi connectivity index (χ0v) is 32.3. The number of hydrogen-bond acceptors (Lipinski definition) is 10. The highest BCUT2D eigenvalue weighted by molar-refractivity contribution is 6.33. The van der Waals surface area contributed by atoms with E-state index in [1.54, 1.807) is 18.3 Å². The minimum absolute atomic E-state index is 0.110. The average molecular weight is 778 g/mol. The summed E-state index contributed by atoms with van der Waals surface area (Å²) in [6.07, 6.45) is 10.9. The fourth-order valence-electron chi connectivity index (χ4n) is 9.45. The predicted molar refractivity (Wildman–Crippen MR) is 215 cm³/mol. The van der Waals surface area contributed by atoms with Crippen molar-refractivity contribution in [2.75, 3.05) is 62.6 Å². The first-order chi connectivity index (χ1) is 27.3. The zero-order valence-electron chi connectivity index (χ0n) is 31.5. The van der Waals surface area contributed by atoms with Gasteiger partial charge in [0.1, 0.15) is 6.04 Å². The van der Waals surface area contributed by atoms with E-state index in [0.717, 1.165) is 110 Å². The van der Waals surface area contributed by atoms with Crippen molar-refractivity contribution in [3.8, 4) is 11.3 Å². The van der Waals surface area contributed by atoms with E-state index >= 15 is 0 Å². The number of carbonyl (C=O) groups is 4. The number of anilines is 2. The van der Waals surface area contributed by atoms with Crippen molar-refractivity contribution in [1.29, 1.82) is 0 Å². The summed E-state index contributed by atoms with van der Waals surface area (Å²) >= 11 is 6.57. The molecule has 0 bridgehead atoms. The second kappa shape index (κ2) is 15.6. The molecule has 0 aliphatic carbocycles. The molecule has 0 radical (unpaired) electrons. The number of aromatic amines is 1. The number of nitrogens with one attached hydrogen (secondary N) is 3. The molecule has 2 aromatic carbocycles. The van der Waals surface area contributed by atoms with Crippen molar-refractivity contribution in [2.24, 2.45) is 11.8 Å². The van der Waals surface area contributed by atoms with E-state index in [-0.39, 0.29) is 18.7 Å². The summed E-state index contributed by atoms with van der Waals surface area (Å²) in [4.78, 5) is 71.7. The lowest BCUT2D eigenvalue weighted by molar-refractivity contribution is -0.136. The molecule has 4 fully saturated rings. The summed E-state index contributed by atoms with van der Waals surface area (Å²) in [6, 6.07) is 13.0. The van der Waals surface area contributed by atoms with Gasteiger partial charge < -0.3 is 25.0 Å². The minimum Gasteiger partial charge on any atom is -0.371 e. The van der Waals surface area contributed by atoms with Crippen LogP contribution in [0.5, 0.6) is 0 Å². The Morgan fingerprint density at radius 3 is 2.41 bits per heavy atom. The van der Waals surface area contributed by atoms with E-state index in [1.165, 1.54) is 19.3 Å². The van der Waals surface area contributed by atoms with Crippen molar-refractivity contribution < 1.29 is 19.2 Å². The Hall–Kier alpha value is -4.85. The zero-order chi connectivity index (χ0) is 38.3. The third-order valence-corrected chi connectivity index (χ3v) is 13.0. The van der Waals surface area contributed by atoms with Crippen LogP contribution in [0, 0.1) is 11.8 Å². The number of nitrogens with zero attached hydrogens (tertiary/aromatic N) is 6. The summed E-state index contributed by atoms with van der Waals surface area (Å²) in [5, 5.41) is 7.48. The molecule has 13 nitrogen and oxygen atoms in total. The lowest BCUT2D eigenvalue weighted by Gasteiger charge is -2.37. The molecule has 2 atom stereocenters.